The molecule has 76 valence electrons. The van der Waals surface area contributed by atoms with Gasteiger partial charge in [0.1, 0.15) is 5.82 Å². The van der Waals surface area contributed by atoms with Gasteiger partial charge in [-0.3, -0.25) is 0 Å². The molecule has 0 bridgehead atoms. The van der Waals surface area contributed by atoms with Crippen LogP contribution in [0.4, 0.5) is 4.39 Å². The van der Waals surface area contributed by atoms with Crippen molar-refractivity contribution in [3.8, 4) is 0 Å². The monoisotopic (exact) mass is 195 g/mol. The summed E-state index contributed by atoms with van der Waals surface area (Å²) in [6.45, 7) is 0. The van der Waals surface area contributed by atoms with Gasteiger partial charge in [-0.1, -0.05) is 18.2 Å². The molecule has 0 saturated heterocycles. The number of rotatable bonds is 3. The van der Waals surface area contributed by atoms with Crippen molar-refractivity contribution in [2.24, 2.45) is 5.73 Å². The Morgan fingerprint density at radius 3 is 2.64 bits per heavy atom. The quantitative estimate of drug-likeness (QED) is 0.771. The summed E-state index contributed by atoms with van der Waals surface area (Å²) in [5.74, 6) is -0.357. The van der Waals surface area contributed by atoms with Crippen molar-refractivity contribution in [3.63, 3.8) is 0 Å². The van der Waals surface area contributed by atoms with E-state index in [2.05, 4.69) is 0 Å². The number of aliphatic hydroxyl groups is 1. The van der Waals surface area contributed by atoms with Gasteiger partial charge >= 0.3 is 0 Å². The molecule has 0 aromatic heterocycles. The molecule has 1 aromatic rings. The summed E-state index contributed by atoms with van der Waals surface area (Å²) in [5.41, 5.74) is 5.96. The maximum atomic E-state index is 13.2. The summed E-state index contributed by atoms with van der Waals surface area (Å²) >= 11 is 0. The van der Waals surface area contributed by atoms with E-state index in [4.69, 9.17) is 5.73 Å². The fraction of sp³-hybridized carbons (Fsp3) is 0.455. The highest BCUT2D eigenvalue weighted by atomic mass is 19.1. The Labute approximate surface area is 82.5 Å². The highest BCUT2D eigenvalue weighted by molar-refractivity contribution is 5.21. The van der Waals surface area contributed by atoms with E-state index in [1.54, 1.807) is 18.2 Å². The minimum Gasteiger partial charge on any atom is -0.388 e. The van der Waals surface area contributed by atoms with Gasteiger partial charge in [0.25, 0.3) is 0 Å². The number of halogens is 1. The molecule has 1 aliphatic rings. The summed E-state index contributed by atoms with van der Waals surface area (Å²) in [4.78, 5) is 0. The van der Waals surface area contributed by atoms with Gasteiger partial charge in [0.2, 0.25) is 0 Å². The van der Waals surface area contributed by atoms with Crippen LogP contribution in [-0.2, 0) is 0 Å². The molecule has 1 aliphatic carbocycles. The van der Waals surface area contributed by atoms with Crippen molar-refractivity contribution >= 4 is 0 Å². The molecular formula is C11H14FNO. The molecule has 0 amide bonds. The molecule has 3 N–H and O–H groups in total. The van der Waals surface area contributed by atoms with Gasteiger partial charge in [0.15, 0.2) is 0 Å². The first kappa shape index (κ1) is 9.62. The number of benzene rings is 1. The Balaban J connectivity index is 2.10. The Hall–Kier alpha value is -0.930. The average Bonchev–Trinajstić information content (AvgIpc) is 2.84. The Morgan fingerprint density at radius 2 is 2.07 bits per heavy atom. The minimum absolute atomic E-state index is 0.248. The molecule has 14 heavy (non-hydrogen) atoms. The highest BCUT2D eigenvalue weighted by Gasteiger charge is 2.40. The molecule has 0 heterocycles. The van der Waals surface area contributed by atoms with E-state index in [0.717, 1.165) is 12.8 Å². The lowest BCUT2D eigenvalue weighted by atomic mass is 10.0. The molecule has 0 spiro atoms. The fourth-order valence-electron chi connectivity index (χ4n) is 1.61. The van der Waals surface area contributed by atoms with E-state index in [1.807, 2.05) is 0 Å². The van der Waals surface area contributed by atoms with Gasteiger partial charge < -0.3 is 10.8 Å². The summed E-state index contributed by atoms with van der Waals surface area (Å²) in [5, 5.41) is 9.76. The molecule has 1 atom stereocenters. The van der Waals surface area contributed by atoms with Crippen molar-refractivity contribution in [1.29, 1.82) is 0 Å². The van der Waals surface area contributed by atoms with Gasteiger partial charge in [-0.2, -0.15) is 0 Å². The zero-order valence-electron chi connectivity index (χ0n) is 7.91. The maximum Gasteiger partial charge on any atom is 0.128 e. The SMILES string of the molecule is NC1(CC(O)c2ccccc2F)CC1. The Kier molecular flexibility index (Phi) is 2.29. The number of hydrogen-bond acceptors (Lipinski definition) is 2. The van der Waals surface area contributed by atoms with Crippen LogP contribution in [0.5, 0.6) is 0 Å². The molecule has 0 radical (unpaired) electrons. The lowest BCUT2D eigenvalue weighted by molar-refractivity contribution is 0.150. The molecule has 1 saturated carbocycles. The fourth-order valence-corrected chi connectivity index (χ4v) is 1.61. The second kappa shape index (κ2) is 3.33. The van der Waals surface area contributed by atoms with Crippen LogP contribution in [0.15, 0.2) is 24.3 Å². The largest absolute Gasteiger partial charge is 0.388 e. The van der Waals surface area contributed by atoms with E-state index in [1.165, 1.54) is 6.07 Å². The van der Waals surface area contributed by atoms with Crippen LogP contribution < -0.4 is 5.73 Å². The Morgan fingerprint density at radius 1 is 1.43 bits per heavy atom. The smallest absolute Gasteiger partial charge is 0.128 e. The third-order valence-corrected chi connectivity index (χ3v) is 2.76. The van der Waals surface area contributed by atoms with Crippen LogP contribution in [0.1, 0.15) is 30.9 Å². The van der Waals surface area contributed by atoms with Gasteiger partial charge in [0.05, 0.1) is 6.10 Å². The molecule has 3 heteroatoms. The van der Waals surface area contributed by atoms with Crippen molar-refractivity contribution in [2.75, 3.05) is 0 Å². The number of aliphatic hydroxyl groups excluding tert-OH is 1. The minimum atomic E-state index is -0.774. The molecule has 1 unspecified atom stereocenters. The van der Waals surface area contributed by atoms with E-state index in [9.17, 15) is 9.50 Å². The van der Waals surface area contributed by atoms with Crippen molar-refractivity contribution in [2.45, 2.75) is 30.9 Å². The highest BCUT2D eigenvalue weighted by Crippen LogP contribution is 2.40. The van der Waals surface area contributed by atoms with E-state index < -0.39 is 6.10 Å². The number of hydrogen-bond donors (Lipinski definition) is 2. The summed E-state index contributed by atoms with van der Waals surface area (Å²) in [6.07, 6.45) is 1.54. The predicted octanol–water partition coefficient (Wildman–Crippen LogP) is 1.74. The van der Waals surface area contributed by atoms with Gasteiger partial charge in [-0.05, 0) is 25.3 Å². The van der Waals surface area contributed by atoms with Crippen LogP contribution in [0.2, 0.25) is 0 Å². The first-order chi connectivity index (χ1) is 6.61. The van der Waals surface area contributed by atoms with Crippen molar-refractivity contribution in [3.05, 3.63) is 35.6 Å². The number of nitrogens with two attached hydrogens (primary N) is 1. The Bertz CT molecular complexity index is 336. The molecule has 2 rings (SSSR count). The average molecular weight is 195 g/mol. The van der Waals surface area contributed by atoms with Crippen molar-refractivity contribution < 1.29 is 9.50 Å². The van der Waals surface area contributed by atoms with Gasteiger partial charge in [0, 0.05) is 11.1 Å². The van der Waals surface area contributed by atoms with E-state index in [0.29, 0.717) is 12.0 Å². The van der Waals surface area contributed by atoms with E-state index >= 15 is 0 Å². The summed E-state index contributed by atoms with van der Waals surface area (Å²) in [7, 11) is 0. The van der Waals surface area contributed by atoms with Crippen molar-refractivity contribution in [1.82, 2.24) is 0 Å². The third-order valence-electron chi connectivity index (χ3n) is 2.76. The standard InChI is InChI=1S/C11H14FNO/c12-9-4-2-1-3-8(9)10(14)7-11(13)5-6-11/h1-4,10,14H,5-7,13H2. The van der Waals surface area contributed by atoms with Crippen LogP contribution in [0, 0.1) is 5.82 Å². The second-order valence-corrected chi connectivity index (χ2v) is 4.10. The lowest BCUT2D eigenvalue weighted by Gasteiger charge is -2.15. The normalized spacial score (nSPS) is 20.5. The first-order valence-corrected chi connectivity index (χ1v) is 4.82. The van der Waals surface area contributed by atoms with Gasteiger partial charge in [-0.15, -0.1) is 0 Å². The van der Waals surface area contributed by atoms with Crippen LogP contribution in [-0.4, -0.2) is 10.6 Å². The zero-order chi connectivity index (χ0) is 10.2. The molecule has 1 fully saturated rings. The molecular weight excluding hydrogens is 181 g/mol. The topological polar surface area (TPSA) is 46.2 Å². The molecule has 2 nitrogen and oxygen atoms in total. The predicted molar refractivity (Wildman–Crippen MR) is 52.1 cm³/mol. The van der Waals surface area contributed by atoms with Crippen LogP contribution >= 0.6 is 0 Å². The summed E-state index contributed by atoms with van der Waals surface area (Å²) < 4.78 is 13.2. The molecule has 1 aromatic carbocycles. The maximum absolute atomic E-state index is 13.2. The van der Waals surface area contributed by atoms with E-state index in [-0.39, 0.29) is 11.4 Å². The van der Waals surface area contributed by atoms with Gasteiger partial charge in [-0.25, -0.2) is 4.39 Å². The summed E-state index contributed by atoms with van der Waals surface area (Å²) in [6, 6.07) is 6.29. The second-order valence-electron chi connectivity index (χ2n) is 4.10. The first-order valence-electron chi connectivity index (χ1n) is 4.82. The molecule has 0 aliphatic heterocycles. The van der Waals surface area contributed by atoms with Crippen LogP contribution in [0.3, 0.4) is 0 Å². The van der Waals surface area contributed by atoms with Crippen LogP contribution in [0.25, 0.3) is 0 Å². The zero-order valence-corrected chi connectivity index (χ0v) is 7.91. The third kappa shape index (κ3) is 1.94. The lowest BCUT2D eigenvalue weighted by Crippen LogP contribution is -2.24.